The van der Waals surface area contributed by atoms with Crippen LogP contribution in [0.3, 0.4) is 0 Å². The van der Waals surface area contributed by atoms with E-state index < -0.39 is 0 Å². The van der Waals surface area contributed by atoms with Crippen LogP contribution >= 0.6 is 11.6 Å². The van der Waals surface area contributed by atoms with E-state index in [4.69, 9.17) is 25.8 Å². The summed E-state index contributed by atoms with van der Waals surface area (Å²) < 4.78 is 18.4. The summed E-state index contributed by atoms with van der Waals surface area (Å²) in [5, 5.41) is 0.704. The third-order valence-electron chi connectivity index (χ3n) is 4.62. The van der Waals surface area contributed by atoms with E-state index in [1.807, 2.05) is 47.0 Å². The second kappa shape index (κ2) is 7.44. The first-order chi connectivity index (χ1) is 13.6. The average Bonchev–Trinajstić information content (AvgIpc) is 3.17. The third-order valence-corrected chi connectivity index (χ3v) is 4.85. The van der Waals surface area contributed by atoms with Gasteiger partial charge in [-0.1, -0.05) is 23.7 Å². The Morgan fingerprint density at radius 3 is 2.25 bits per heavy atom. The summed E-state index contributed by atoms with van der Waals surface area (Å²) in [4.78, 5) is 4.61. The number of fused-ring (bicyclic) bond motifs is 1. The molecule has 0 spiro atoms. The molecular formula is C22H19ClN2O3. The SMILES string of the molecule is COc1cc(-c2nccn3cc(-c4cccc(Cl)c4)cc23)cc(OC)c1OC. The van der Waals surface area contributed by atoms with Crippen molar-refractivity contribution in [1.82, 2.24) is 9.38 Å². The Hall–Kier alpha value is -3.18. The number of halogens is 1. The van der Waals surface area contributed by atoms with Crippen molar-refractivity contribution in [3.63, 3.8) is 0 Å². The monoisotopic (exact) mass is 394 g/mol. The molecule has 0 atom stereocenters. The van der Waals surface area contributed by atoms with E-state index in [2.05, 4.69) is 17.2 Å². The molecule has 28 heavy (non-hydrogen) atoms. The molecule has 0 saturated carbocycles. The first-order valence-electron chi connectivity index (χ1n) is 8.67. The number of nitrogens with zero attached hydrogens (tertiary/aromatic N) is 2. The smallest absolute Gasteiger partial charge is 0.203 e. The van der Waals surface area contributed by atoms with Crippen LogP contribution in [0.2, 0.25) is 5.02 Å². The van der Waals surface area contributed by atoms with Crippen LogP contribution in [0.15, 0.2) is 61.1 Å². The van der Waals surface area contributed by atoms with Gasteiger partial charge < -0.3 is 18.6 Å². The number of hydrogen-bond acceptors (Lipinski definition) is 4. The van der Waals surface area contributed by atoms with Crippen molar-refractivity contribution >= 4 is 17.1 Å². The van der Waals surface area contributed by atoms with Crippen LogP contribution in [-0.4, -0.2) is 30.7 Å². The molecule has 2 aromatic carbocycles. The quantitative estimate of drug-likeness (QED) is 0.458. The Kier molecular flexibility index (Phi) is 4.84. The van der Waals surface area contributed by atoms with E-state index >= 15 is 0 Å². The highest BCUT2D eigenvalue weighted by atomic mass is 35.5. The van der Waals surface area contributed by atoms with E-state index in [1.54, 1.807) is 27.5 Å². The van der Waals surface area contributed by atoms with Crippen LogP contribution in [0.4, 0.5) is 0 Å². The first-order valence-corrected chi connectivity index (χ1v) is 9.05. The van der Waals surface area contributed by atoms with Gasteiger partial charge in [0.1, 0.15) is 0 Å². The van der Waals surface area contributed by atoms with Crippen LogP contribution in [0.1, 0.15) is 0 Å². The number of ether oxygens (including phenoxy) is 3. The van der Waals surface area contributed by atoms with E-state index in [1.165, 1.54) is 0 Å². The Bertz CT molecular complexity index is 1130. The van der Waals surface area contributed by atoms with Crippen molar-refractivity contribution in [2.24, 2.45) is 0 Å². The lowest BCUT2D eigenvalue weighted by Gasteiger charge is -2.14. The van der Waals surface area contributed by atoms with Crippen LogP contribution in [0.5, 0.6) is 17.2 Å². The fraction of sp³-hybridized carbons (Fsp3) is 0.136. The van der Waals surface area contributed by atoms with Gasteiger partial charge in [0.25, 0.3) is 0 Å². The Morgan fingerprint density at radius 1 is 0.857 bits per heavy atom. The topological polar surface area (TPSA) is 45.0 Å². The average molecular weight is 395 g/mol. The van der Waals surface area contributed by atoms with Gasteiger partial charge in [-0.3, -0.25) is 4.98 Å². The zero-order valence-electron chi connectivity index (χ0n) is 15.8. The van der Waals surface area contributed by atoms with Crippen molar-refractivity contribution in [2.45, 2.75) is 0 Å². The molecule has 0 aliphatic rings. The predicted molar refractivity (Wildman–Crippen MR) is 111 cm³/mol. The largest absolute Gasteiger partial charge is 0.493 e. The Balaban J connectivity index is 1.90. The van der Waals surface area contributed by atoms with Gasteiger partial charge in [-0.25, -0.2) is 0 Å². The van der Waals surface area contributed by atoms with E-state index in [0.29, 0.717) is 22.3 Å². The van der Waals surface area contributed by atoms with Crippen LogP contribution in [0.25, 0.3) is 27.9 Å². The number of rotatable bonds is 5. The van der Waals surface area contributed by atoms with Gasteiger partial charge in [-0.2, -0.15) is 0 Å². The van der Waals surface area contributed by atoms with Gasteiger partial charge in [0.05, 0.1) is 32.5 Å². The molecule has 0 aliphatic heterocycles. The minimum atomic E-state index is 0.552. The minimum Gasteiger partial charge on any atom is -0.493 e. The predicted octanol–water partition coefficient (Wildman–Crippen LogP) is 5.35. The molecule has 0 N–H and O–H groups in total. The molecule has 5 nitrogen and oxygen atoms in total. The standard InChI is InChI=1S/C22H19ClN2O3/c1-26-19-11-15(12-20(27-2)22(19)28-3)21-18-10-16(13-25(18)8-7-24-21)14-5-4-6-17(23)9-14/h4-13H,1-3H3. The molecule has 142 valence electrons. The summed E-state index contributed by atoms with van der Waals surface area (Å²) in [6.07, 6.45) is 5.75. The number of aromatic nitrogens is 2. The van der Waals surface area contributed by atoms with E-state index in [-0.39, 0.29) is 0 Å². The second-order valence-electron chi connectivity index (χ2n) is 6.22. The molecule has 0 fully saturated rings. The number of methoxy groups -OCH3 is 3. The molecule has 4 rings (SSSR count). The Labute approximate surface area is 168 Å². The van der Waals surface area contributed by atoms with Crippen molar-refractivity contribution in [3.05, 3.63) is 66.1 Å². The molecule has 0 unspecified atom stereocenters. The molecule has 6 heteroatoms. The van der Waals surface area contributed by atoms with E-state index in [0.717, 1.165) is 27.9 Å². The van der Waals surface area contributed by atoms with Gasteiger partial charge >= 0.3 is 0 Å². The Morgan fingerprint density at radius 2 is 1.61 bits per heavy atom. The van der Waals surface area contributed by atoms with Crippen LogP contribution in [0, 0.1) is 0 Å². The summed E-state index contributed by atoms with van der Waals surface area (Å²) in [6.45, 7) is 0. The van der Waals surface area contributed by atoms with Gasteiger partial charge in [-0.05, 0) is 35.9 Å². The zero-order valence-corrected chi connectivity index (χ0v) is 16.5. The molecule has 0 bridgehead atoms. The van der Waals surface area contributed by atoms with Gasteiger partial charge in [0, 0.05) is 34.7 Å². The molecule has 2 aromatic heterocycles. The van der Waals surface area contributed by atoms with Crippen LogP contribution in [-0.2, 0) is 0 Å². The maximum Gasteiger partial charge on any atom is 0.203 e. The molecule has 0 saturated heterocycles. The molecule has 0 aliphatic carbocycles. The molecular weight excluding hydrogens is 376 g/mol. The molecule has 0 amide bonds. The lowest BCUT2D eigenvalue weighted by Crippen LogP contribution is -1.97. The van der Waals surface area contributed by atoms with Gasteiger partial charge in [-0.15, -0.1) is 0 Å². The fourth-order valence-corrected chi connectivity index (χ4v) is 3.49. The highest BCUT2D eigenvalue weighted by Gasteiger charge is 2.17. The molecule has 4 aromatic rings. The molecule has 0 radical (unpaired) electrons. The highest BCUT2D eigenvalue weighted by molar-refractivity contribution is 6.30. The first kappa shape index (κ1) is 18.2. The van der Waals surface area contributed by atoms with Crippen molar-refractivity contribution in [3.8, 4) is 39.6 Å². The molecule has 2 heterocycles. The van der Waals surface area contributed by atoms with Crippen molar-refractivity contribution < 1.29 is 14.2 Å². The van der Waals surface area contributed by atoms with Gasteiger partial charge in [0.2, 0.25) is 5.75 Å². The zero-order chi connectivity index (χ0) is 19.7. The van der Waals surface area contributed by atoms with E-state index in [9.17, 15) is 0 Å². The normalized spacial score (nSPS) is 10.9. The third kappa shape index (κ3) is 3.14. The summed E-state index contributed by atoms with van der Waals surface area (Å²) in [7, 11) is 4.79. The summed E-state index contributed by atoms with van der Waals surface area (Å²) >= 11 is 6.16. The lowest BCUT2D eigenvalue weighted by atomic mass is 10.1. The summed E-state index contributed by atoms with van der Waals surface area (Å²) in [5.41, 5.74) is 4.76. The fourth-order valence-electron chi connectivity index (χ4n) is 3.30. The number of benzene rings is 2. The maximum atomic E-state index is 6.16. The highest BCUT2D eigenvalue weighted by Crippen LogP contribution is 2.41. The van der Waals surface area contributed by atoms with Gasteiger partial charge in [0.15, 0.2) is 11.5 Å². The number of hydrogen-bond donors (Lipinski definition) is 0. The lowest BCUT2D eigenvalue weighted by molar-refractivity contribution is 0.324. The summed E-state index contributed by atoms with van der Waals surface area (Å²) in [6, 6.07) is 13.7. The summed E-state index contributed by atoms with van der Waals surface area (Å²) in [5.74, 6) is 1.72. The van der Waals surface area contributed by atoms with Crippen molar-refractivity contribution in [2.75, 3.05) is 21.3 Å². The van der Waals surface area contributed by atoms with Crippen molar-refractivity contribution in [1.29, 1.82) is 0 Å². The van der Waals surface area contributed by atoms with Crippen LogP contribution < -0.4 is 14.2 Å². The second-order valence-corrected chi connectivity index (χ2v) is 6.66. The minimum absolute atomic E-state index is 0.552. The maximum absolute atomic E-state index is 6.16.